The number of amides is 1. The second kappa shape index (κ2) is 8.61. The van der Waals surface area contributed by atoms with E-state index in [-0.39, 0.29) is 29.9 Å². The molecule has 1 aromatic heterocycles. The van der Waals surface area contributed by atoms with Crippen molar-refractivity contribution in [1.29, 1.82) is 0 Å². The summed E-state index contributed by atoms with van der Waals surface area (Å²) in [4.78, 5) is 28.5. The van der Waals surface area contributed by atoms with Gasteiger partial charge in [0.15, 0.2) is 11.5 Å². The molecule has 0 saturated carbocycles. The van der Waals surface area contributed by atoms with E-state index < -0.39 is 6.04 Å². The molecule has 0 fully saturated rings. The van der Waals surface area contributed by atoms with E-state index in [0.717, 1.165) is 29.8 Å². The highest BCUT2D eigenvalue weighted by atomic mass is 35.5. The Labute approximate surface area is 191 Å². The first-order valence-corrected chi connectivity index (χ1v) is 10.3. The van der Waals surface area contributed by atoms with Crippen molar-refractivity contribution in [3.63, 3.8) is 0 Å². The van der Waals surface area contributed by atoms with E-state index >= 15 is 0 Å². The summed E-state index contributed by atoms with van der Waals surface area (Å²) in [5, 5.41) is 4.04. The molecule has 1 atom stereocenters. The molecule has 5 rings (SSSR count). The van der Waals surface area contributed by atoms with Crippen molar-refractivity contribution in [3.8, 4) is 0 Å². The fraction of sp³-hybridized carbons (Fsp3) is 0.167. The van der Waals surface area contributed by atoms with Crippen LogP contribution in [0.4, 0.5) is 11.4 Å². The van der Waals surface area contributed by atoms with Gasteiger partial charge in [0.25, 0.3) is 5.91 Å². The lowest BCUT2D eigenvalue weighted by Crippen LogP contribution is -3.00. The van der Waals surface area contributed by atoms with Gasteiger partial charge in [-0.1, -0.05) is 35.9 Å². The highest BCUT2D eigenvalue weighted by Gasteiger charge is 2.40. The predicted molar refractivity (Wildman–Crippen MR) is 116 cm³/mol. The van der Waals surface area contributed by atoms with Crippen LogP contribution in [-0.4, -0.2) is 11.7 Å². The van der Waals surface area contributed by atoms with Gasteiger partial charge < -0.3 is 22.1 Å². The SMILES string of the molecule is O=C1CCCC2=C1C(c1ccc(Cl)cc1)N(C(=O)c1ccco1)c1ccccc1N2.[Cl-]. The minimum Gasteiger partial charge on any atom is -1.00 e. The fourth-order valence-corrected chi connectivity index (χ4v) is 4.36. The monoisotopic (exact) mass is 453 g/mol. The van der Waals surface area contributed by atoms with Crippen LogP contribution in [0.2, 0.25) is 5.02 Å². The molecule has 1 amide bonds. The standard InChI is InChI=1S/C24H19ClN2O3.ClH/c25-16-12-10-15(11-13-16)23-22-18(6-3-8-20(22)28)26-17-5-1-2-7-19(17)27(23)24(29)21-9-4-14-30-21;/h1-2,4-5,7,9-14,23,26H,3,6,8H2;1H/p-1. The number of anilines is 2. The summed E-state index contributed by atoms with van der Waals surface area (Å²) >= 11 is 6.12. The zero-order valence-corrected chi connectivity index (χ0v) is 18.0. The Hall–Kier alpha value is -3.02. The van der Waals surface area contributed by atoms with Gasteiger partial charge in [-0.05, 0) is 54.8 Å². The molecular formula is C24H19Cl2N2O3-. The Morgan fingerprint density at radius 2 is 1.81 bits per heavy atom. The number of carbonyl (C=O) groups excluding carboxylic acids is 2. The molecule has 158 valence electrons. The molecular weight excluding hydrogens is 435 g/mol. The van der Waals surface area contributed by atoms with Crippen molar-refractivity contribution < 1.29 is 26.4 Å². The lowest BCUT2D eigenvalue weighted by atomic mass is 9.85. The summed E-state index contributed by atoms with van der Waals surface area (Å²) in [5.41, 5.74) is 3.80. The Morgan fingerprint density at radius 1 is 1.03 bits per heavy atom. The van der Waals surface area contributed by atoms with Gasteiger partial charge in [-0.25, -0.2) is 0 Å². The van der Waals surface area contributed by atoms with Crippen molar-refractivity contribution >= 4 is 34.7 Å². The molecule has 2 heterocycles. The summed E-state index contributed by atoms with van der Waals surface area (Å²) in [7, 11) is 0. The third-order valence-electron chi connectivity index (χ3n) is 5.57. The topological polar surface area (TPSA) is 62.6 Å². The maximum absolute atomic E-state index is 13.7. The van der Waals surface area contributed by atoms with Gasteiger partial charge in [0, 0.05) is 22.7 Å². The van der Waals surface area contributed by atoms with Crippen molar-refractivity contribution in [1.82, 2.24) is 0 Å². The average molecular weight is 454 g/mol. The summed E-state index contributed by atoms with van der Waals surface area (Å²) < 4.78 is 5.44. The lowest BCUT2D eigenvalue weighted by molar-refractivity contribution is -0.116. The number of ketones is 1. The highest BCUT2D eigenvalue weighted by molar-refractivity contribution is 6.30. The van der Waals surface area contributed by atoms with Gasteiger partial charge in [0.05, 0.1) is 23.7 Å². The molecule has 1 unspecified atom stereocenters. The highest BCUT2D eigenvalue weighted by Crippen LogP contribution is 2.45. The summed E-state index contributed by atoms with van der Waals surface area (Å²) in [6, 6.07) is 17.6. The Kier molecular flexibility index (Phi) is 5.90. The van der Waals surface area contributed by atoms with Crippen molar-refractivity contribution in [2.24, 2.45) is 0 Å². The number of fused-ring (bicyclic) bond motifs is 1. The summed E-state index contributed by atoms with van der Waals surface area (Å²) in [6.07, 6.45) is 3.47. The van der Waals surface area contributed by atoms with E-state index in [4.69, 9.17) is 16.0 Å². The van der Waals surface area contributed by atoms with Crippen LogP contribution in [0.5, 0.6) is 0 Å². The number of carbonyl (C=O) groups is 2. The van der Waals surface area contributed by atoms with Gasteiger partial charge >= 0.3 is 0 Å². The van der Waals surface area contributed by atoms with Crippen molar-refractivity contribution in [2.75, 3.05) is 10.2 Å². The molecule has 1 N–H and O–H groups in total. The first kappa shape index (κ1) is 21.2. The Morgan fingerprint density at radius 3 is 2.55 bits per heavy atom. The quantitative estimate of drug-likeness (QED) is 0.647. The van der Waals surface area contributed by atoms with Crippen molar-refractivity contribution in [3.05, 3.63) is 94.5 Å². The molecule has 5 nitrogen and oxygen atoms in total. The van der Waals surface area contributed by atoms with E-state index in [1.165, 1.54) is 6.26 Å². The number of hydrogen-bond acceptors (Lipinski definition) is 4. The third-order valence-corrected chi connectivity index (χ3v) is 5.83. The number of halogens is 2. The van der Waals surface area contributed by atoms with E-state index in [9.17, 15) is 9.59 Å². The lowest BCUT2D eigenvalue weighted by Gasteiger charge is -2.33. The number of nitrogens with zero attached hydrogens (tertiary/aromatic N) is 1. The van der Waals surface area contributed by atoms with Gasteiger partial charge in [-0.15, -0.1) is 0 Å². The molecule has 7 heteroatoms. The number of nitrogens with one attached hydrogen (secondary N) is 1. The number of hydrogen-bond donors (Lipinski definition) is 1. The van der Waals surface area contributed by atoms with E-state index in [1.54, 1.807) is 29.2 Å². The number of allylic oxidation sites excluding steroid dienone is 1. The van der Waals surface area contributed by atoms with Crippen LogP contribution in [0.1, 0.15) is 41.4 Å². The number of rotatable bonds is 2. The second-order valence-electron chi connectivity index (χ2n) is 7.42. The van der Waals surface area contributed by atoms with Crippen LogP contribution in [-0.2, 0) is 4.79 Å². The number of para-hydroxylation sites is 2. The zero-order valence-electron chi connectivity index (χ0n) is 16.5. The fourth-order valence-electron chi connectivity index (χ4n) is 4.24. The summed E-state index contributed by atoms with van der Waals surface area (Å²) in [5.74, 6) is -0.0360. The largest absolute Gasteiger partial charge is 1.00 e. The van der Waals surface area contributed by atoms with Crippen LogP contribution in [0.3, 0.4) is 0 Å². The van der Waals surface area contributed by atoms with Crippen LogP contribution in [0, 0.1) is 0 Å². The number of benzene rings is 2. The molecule has 2 aliphatic rings. The van der Waals surface area contributed by atoms with E-state index in [2.05, 4.69) is 5.32 Å². The first-order chi connectivity index (χ1) is 14.6. The van der Waals surface area contributed by atoms with Gasteiger partial charge in [0.2, 0.25) is 0 Å². The zero-order chi connectivity index (χ0) is 20.7. The minimum absolute atomic E-state index is 0. The molecule has 31 heavy (non-hydrogen) atoms. The molecule has 1 aliphatic carbocycles. The third kappa shape index (κ3) is 3.75. The Balaban J connectivity index is 0.00000231. The maximum Gasteiger partial charge on any atom is 0.294 e. The van der Waals surface area contributed by atoms with E-state index in [1.807, 2.05) is 36.4 Å². The molecule has 2 aromatic carbocycles. The first-order valence-electron chi connectivity index (χ1n) is 9.88. The molecule has 0 radical (unpaired) electrons. The minimum atomic E-state index is -0.584. The molecule has 3 aromatic rings. The number of Topliss-reactive ketones (excluding diaryl/α,β-unsaturated/α-hetero) is 1. The van der Waals surface area contributed by atoms with Gasteiger partial charge in [-0.3, -0.25) is 14.5 Å². The van der Waals surface area contributed by atoms with Crippen molar-refractivity contribution in [2.45, 2.75) is 25.3 Å². The van der Waals surface area contributed by atoms with Crippen LogP contribution in [0.15, 0.2) is 82.6 Å². The smallest absolute Gasteiger partial charge is 0.294 e. The van der Waals surface area contributed by atoms with Crippen LogP contribution < -0.4 is 22.6 Å². The predicted octanol–water partition coefficient (Wildman–Crippen LogP) is 2.76. The molecule has 1 aliphatic heterocycles. The van der Waals surface area contributed by atoms with Gasteiger partial charge in [0.1, 0.15) is 0 Å². The van der Waals surface area contributed by atoms with Crippen LogP contribution >= 0.6 is 11.6 Å². The van der Waals surface area contributed by atoms with Gasteiger partial charge in [-0.2, -0.15) is 0 Å². The maximum atomic E-state index is 13.7. The Bertz CT molecular complexity index is 1150. The normalized spacial score (nSPS) is 17.8. The summed E-state index contributed by atoms with van der Waals surface area (Å²) in [6.45, 7) is 0. The number of furan rings is 1. The average Bonchev–Trinajstić information content (AvgIpc) is 3.24. The van der Waals surface area contributed by atoms with Crippen LogP contribution in [0.25, 0.3) is 0 Å². The van der Waals surface area contributed by atoms with E-state index in [0.29, 0.717) is 22.7 Å². The molecule has 0 spiro atoms. The second-order valence-corrected chi connectivity index (χ2v) is 7.85. The molecule has 0 bridgehead atoms. The molecule has 0 saturated heterocycles.